The number of aromatic amines is 1. The molecule has 0 saturated carbocycles. The highest BCUT2D eigenvalue weighted by atomic mass is 35.5. The lowest BCUT2D eigenvalue weighted by atomic mass is 10.1. The van der Waals surface area contributed by atoms with Gasteiger partial charge in [-0.15, -0.1) is 5.10 Å². The average molecular weight is 251 g/mol. The van der Waals surface area contributed by atoms with Crippen LogP contribution in [-0.2, 0) is 0 Å². The van der Waals surface area contributed by atoms with Crippen molar-refractivity contribution in [2.24, 2.45) is 0 Å². The number of nitrogens with zero attached hydrogens (tertiary/aromatic N) is 1. The Balaban J connectivity index is 2.43. The van der Waals surface area contributed by atoms with Gasteiger partial charge >= 0.3 is 0 Å². The molecule has 3 nitrogen and oxygen atoms in total. The molecule has 0 atom stereocenters. The third-order valence-corrected chi connectivity index (χ3v) is 2.65. The van der Waals surface area contributed by atoms with E-state index in [9.17, 15) is 0 Å². The first-order valence-corrected chi connectivity index (χ1v) is 5.93. The third-order valence-electron chi connectivity index (χ3n) is 2.39. The number of nitrogens with one attached hydrogen (secondary N) is 1. The Kier molecular flexibility index (Phi) is 3.38. The number of halogens is 1. The highest BCUT2D eigenvalue weighted by Gasteiger charge is 2.14. The fourth-order valence-corrected chi connectivity index (χ4v) is 1.80. The molecule has 0 fully saturated rings. The predicted molar refractivity (Wildman–Crippen MR) is 69.5 cm³/mol. The molecule has 1 N–H and O–H groups in total. The summed E-state index contributed by atoms with van der Waals surface area (Å²) in [5.41, 5.74) is 3.04. The van der Waals surface area contributed by atoms with Crippen LogP contribution in [0.15, 0.2) is 24.3 Å². The summed E-state index contributed by atoms with van der Waals surface area (Å²) in [7, 11) is 0. The molecule has 0 aliphatic rings. The summed E-state index contributed by atoms with van der Waals surface area (Å²) in [5, 5.41) is 7.85. The molecule has 4 heteroatoms. The molecule has 0 amide bonds. The van der Waals surface area contributed by atoms with Crippen molar-refractivity contribution in [2.45, 2.75) is 26.9 Å². The normalized spacial score (nSPS) is 10.9. The van der Waals surface area contributed by atoms with Crippen molar-refractivity contribution >= 4 is 11.6 Å². The summed E-state index contributed by atoms with van der Waals surface area (Å²) in [6.45, 7) is 5.94. The maximum absolute atomic E-state index is 5.88. The van der Waals surface area contributed by atoms with Gasteiger partial charge in [0.25, 0.3) is 0 Å². The number of benzene rings is 1. The van der Waals surface area contributed by atoms with Crippen molar-refractivity contribution in [3.8, 4) is 17.0 Å². The monoisotopic (exact) mass is 250 g/mol. The van der Waals surface area contributed by atoms with Crippen LogP contribution in [0.1, 0.15) is 19.5 Å². The summed E-state index contributed by atoms with van der Waals surface area (Å²) >= 11 is 5.88. The minimum Gasteiger partial charge on any atom is -0.473 e. The second-order valence-corrected chi connectivity index (χ2v) is 4.64. The maximum atomic E-state index is 5.88. The van der Waals surface area contributed by atoms with E-state index in [2.05, 4.69) is 10.2 Å². The molecule has 0 saturated heterocycles. The summed E-state index contributed by atoms with van der Waals surface area (Å²) in [6, 6.07) is 7.66. The van der Waals surface area contributed by atoms with Gasteiger partial charge in [0.05, 0.1) is 11.7 Å². The molecule has 2 rings (SSSR count). The first kappa shape index (κ1) is 12.0. The van der Waals surface area contributed by atoms with Gasteiger partial charge in [-0.1, -0.05) is 23.7 Å². The maximum Gasteiger partial charge on any atom is 0.241 e. The number of hydrogen-bond acceptors (Lipinski definition) is 2. The molecule has 0 aliphatic carbocycles. The standard InChI is InChI=1S/C13H15ClN2O/c1-8(2)17-13-12(9(3)15-16-13)10-4-6-11(14)7-5-10/h4-8H,1-3H3,(H,15,16). The molecule has 0 spiro atoms. The first-order valence-electron chi connectivity index (χ1n) is 5.55. The summed E-state index contributed by atoms with van der Waals surface area (Å²) < 4.78 is 5.68. The number of rotatable bonds is 3. The van der Waals surface area contributed by atoms with Crippen LogP contribution in [0.5, 0.6) is 5.88 Å². The summed E-state index contributed by atoms with van der Waals surface area (Å²) in [5.74, 6) is 0.639. The van der Waals surface area contributed by atoms with Crippen molar-refractivity contribution in [1.82, 2.24) is 10.2 Å². The van der Waals surface area contributed by atoms with Gasteiger partial charge in [0.1, 0.15) is 0 Å². The topological polar surface area (TPSA) is 37.9 Å². The zero-order valence-corrected chi connectivity index (χ0v) is 10.9. The predicted octanol–water partition coefficient (Wildman–Crippen LogP) is 3.83. The van der Waals surface area contributed by atoms with E-state index in [0.717, 1.165) is 21.8 Å². The van der Waals surface area contributed by atoms with Gasteiger partial charge in [0.15, 0.2) is 0 Å². The van der Waals surface area contributed by atoms with Crippen LogP contribution in [0, 0.1) is 6.92 Å². The van der Waals surface area contributed by atoms with Crippen molar-refractivity contribution in [3.63, 3.8) is 0 Å². The number of H-pyrrole nitrogens is 1. The van der Waals surface area contributed by atoms with Gasteiger partial charge in [-0.05, 0) is 38.5 Å². The van der Waals surface area contributed by atoms with E-state index < -0.39 is 0 Å². The molecular weight excluding hydrogens is 236 g/mol. The fourth-order valence-electron chi connectivity index (χ4n) is 1.67. The second-order valence-electron chi connectivity index (χ2n) is 4.20. The van der Waals surface area contributed by atoms with E-state index in [-0.39, 0.29) is 6.10 Å². The molecule has 0 unspecified atom stereocenters. The van der Waals surface area contributed by atoms with Gasteiger partial charge < -0.3 is 4.74 Å². The van der Waals surface area contributed by atoms with Crippen molar-refractivity contribution in [1.29, 1.82) is 0 Å². The van der Waals surface area contributed by atoms with Gasteiger partial charge in [0, 0.05) is 10.7 Å². The highest BCUT2D eigenvalue weighted by Crippen LogP contribution is 2.32. The average Bonchev–Trinajstić information content (AvgIpc) is 2.61. The number of aromatic nitrogens is 2. The van der Waals surface area contributed by atoms with Crippen LogP contribution < -0.4 is 4.74 Å². The number of hydrogen-bond donors (Lipinski definition) is 1. The van der Waals surface area contributed by atoms with Crippen LogP contribution in [0.2, 0.25) is 5.02 Å². The first-order chi connectivity index (χ1) is 8.08. The third kappa shape index (κ3) is 2.61. The van der Waals surface area contributed by atoms with Crippen LogP contribution in [0.3, 0.4) is 0 Å². The Morgan fingerprint density at radius 3 is 2.47 bits per heavy atom. The van der Waals surface area contributed by atoms with Crippen LogP contribution in [0.4, 0.5) is 0 Å². The Hall–Kier alpha value is -1.48. The molecule has 0 radical (unpaired) electrons. The molecule has 0 bridgehead atoms. The van der Waals surface area contributed by atoms with E-state index >= 15 is 0 Å². The van der Waals surface area contributed by atoms with E-state index in [0.29, 0.717) is 5.88 Å². The Labute approximate surface area is 106 Å². The minimum absolute atomic E-state index is 0.101. The van der Waals surface area contributed by atoms with Gasteiger partial charge in [-0.3, -0.25) is 5.10 Å². The van der Waals surface area contributed by atoms with E-state index in [4.69, 9.17) is 16.3 Å². The zero-order chi connectivity index (χ0) is 12.4. The van der Waals surface area contributed by atoms with E-state index in [1.165, 1.54) is 0 Å². The summed E-state index contributed by atoms with van der Waals surface area (Å²) in [4.78, 5) is 0. The molecule has 1 aromatic carbocycles. The molecule has 1 heterocycles. The van der Waals surface area contributed by atoms with E-state index in [1.807, 2.05) is 45.0 Å². The fraction of sp³-hybridized carbons (Fsp3) is 0.308. The highest BCUT2D eigenvalue weighted by molar-refractivity contribution is 6.30. The second kappa shape index (κ2) is 4.80. The van der Waals surface area contributed by atoms with Gasteiger partial charge in [-0.25, -0.2) is 0 Å². The van der Waals surface area contributed by atoms with Crippen LogP contribution in [-0.4, -0.2) is 16.3 Å². The number of aryl methyl sites for hydroxylation is 1. The van der Waals surface area contributed by atoms with Crippen LogP contribution >= 0.6 is 11.6 Å². The van der Waals surface area contributed by atoms with Crippen molar-refractivity contribution in [3.05, 3.63) is 35.0 Å². The molecule has 17 heavy (non-hydrogen) atoms. The molecule has 90 valence electrons. The quantitative estimate of drug-likeness (QED) is 0.899. The Morgan fingerprint density at radius 2 is 1.88 bits per heavy atom. The SMILES string of the molecule is Cc1[nH]nc(OC(C)C)c1-c1ccc(Cl)cc1. The molecular formula is C13H15ClN2O. The van der Waals surface area contributed by atoms with Crippen molar-refractivity contribution < 1.29 is 4.74 Å². The molecule has 0 aliphatic heterocycles. The molecule has 2 aromatic rings. The van der Waals surface area contributed by atoms with Gasteiger partial charge in [-0.2, -0.15) is 0 Å². The Morgan fingerprint density at radius 1 is 1.24 bits per heavy atom. The molecule has 1 aromatic heterocycles. The van der Waals surface area contributed by atoms with Gasteiger partial charge in [0.2, 0.25) is 5.88 Å². The lowest BCUT2D eigenvalue weighted by Crippen LogP contribution is -2.06. The number of ether oxygens (including phenoxy) is 1. The van der Waals surface area contributed by atoms with E-state index in [1.54, 1.807) is 0 Å². The lowest BCUT2D eigenvalue weighted by Gasteiger charge is -2.09. The lowest BCUT2D eigenvalue weighted by molar-refractivity contribution is 0.233. The Bertz CT molecular complexity index is 503. The smallest absolute Gasteiger partial charge is 0.241 e. The van der Waals surface area contributed by atoms with Crippen LogP contribution in [0.25, 0.3) is 11.1 Å². The van der Waals surface area contributed by atoms with Crippen molar-refractivity contribution in [2.75, 3.05) is 0 Å². The zero-order valence-electron chi connectivity index (χ0n) is 10.1. The summed E-state index contributed by atoms with van der Waals surface area (Å²) in [6.07, 6.45) is 0.101. The largest absolute Gasteiger partial charge is 0.473 e. The minimum atomic E-state index is 0.101.